The number of hydrogen-bond acceptors (Lipinski definition) is 4. The highest BCUT2D eigenvalue weighted by molar-refractivity contribution is 7.09. The molecule has 0 saturated heterocycles. The molecule has 0 radical (unpaired) electrons. The molecular weight excluding hydrogens is 320 g/mol. The number of nitrogens with one attached hydrogen (secondary N) is 1. The van der Waals surface area contributed by atoms with E-state index in [-0.39, 0.29) is 12.5 Å². The summed E-state index contributed by atoms with van der Waals surface area (Å²) in [5.41, 5.74) is 3.52. The Kier molecular flexibility index (Phi) is 4.91. The van der Waals surface area contributed by atoms with Crippen molar-refractivity contribution in [3.8, 4) is 17.0 Å². The lowest BCUT2D eigenvalue weighted by atomic mass is 10.1. The highest BCUT2D eigenvalue weighted by atomic mass is 32.1. The second-order valence-electron chi connectivity index (χ2n) is 5.40. The molecule has 1 heterocycles. The van der Waals surface area contributed by atoms with E-state index < -0.39 is 0 Å². The number of ether oxygens (including phenoxy) is 1. The Labute approximate surface area is 145 Å². The first-order chi connectivity index (χ1) is 11.6. The van der Waals surface area contributed by atoms with Crippen molar-refractivity contribution >= 4 is 22.9 Å². The first kappa shape index (κ1) is 16.2. The van der Waals surface area contributed by atoms with Crippen molar-refractivity contribution in [3.63, 3.8) is 0 Å². The molecule has 0 spiro atoms. The minimum absolute atomic E-state index is 0.0325. The molecule has 0 aliphatic rings. The van der Waals surface area contributed by atoms with Crippen LogP contribution in [0, 0.1) is 13.8 Å². The quantitative estimate of drug-likeness (QED) is 0.748. The van der Waals surface area contributed by atoms with Crippen LogP contribution in [-0.2, 0) is 4.79 Å². The average molecular weight is 338 g/mol. The number of amides is 1. The van der Waals surface area contributed by atoms with Gasteiger partial charge in [-0.3, -0.25) is 4.79 Å². The van der Waals surface area contributed by atoms with Crippen LogP contribution in [0.4, 0.5) is 5.69 Å². The molecule has 0 atom stereocenters. The van der Waals surface area contributed by atoms with Crippen molar-refractivity contribution in [3.05, 3.63) is 64.5 Å². The normalized spacial score (nSPS) is 10.4. The zero-order valence-electron chi connectivity index (χ0n) is 13.6. The monoisotopic (exact) mass is 338 g/mol. The molecule has 2 aromatic carbocycles. The number of rotatable bonds is 5. The Hall–Kier alpha value is -2.66. The maximum atomic E-state index is 12.2. The molecule has 24 heavy (non-hydrogen) atoms. The molecule has 122 valence electrons. The number of aryl methyl sites for hydroxylation is 2. The van der Waals surface area contributed by atoms with Gasteiger partial charge >= 0.3 is 0 Å². The fourth-order valence-electron chi connectivity index (χ4n) is 2.35. The van der Waals surface area contributed by atoms with Gasteiger partial charge in [0, 0.05) is 10.9 Å². The van der Waals surface area contributed by atoms with Crippen LogP contribution >= 0.6 is 11.3 Å². The van der Waals surface area contributed by atoms with Crippen LogP contribution in [-0.4, -0.2) is 17.5 Å². The van der Waals surface area contributed by atoms with Crippen molar-refractivity contribution in [1.82, 2.24) is 4.98 Å². The summed E-state index contributed by atoms with van der Waals surface area (Å²) in [6, 6.07) is 15.3. The van der Waals surface area contributed by atoms with E-state index in [9.17, 15) is 4.79 Å². The van der Waals surface area contributed by atoms with Crippen LogP contribution in [0.2, 0.25) is 0 Å². The molecule has 0 bridgehead atoms. The van der Waals surface area contributed by atoms with Crippen LogP contribution in [0.15, 0.2) is 53.9 Å². The zero-order chi connectivity index (χ0) is 16.9. The van der Waals surface area contributed by atoms with E-state index in [2.05, 4.69) is 10.3 Å². The summed E-state index contributed by atoms with van der Waals surface area (Å²) in [7, 11) is 0. The number of thiazole rings is 1. The number of carbonyl (C=O) groups is 1. The number of carbonyl (C=O) groups excluding carboxylic acids is 1. The van der Waals surface area contributed by atoms with Crippen LogP contribution in [0.5, 0.6) is 5.75 Å². The highest BCUT2D eigenvalue weighted by Crippen LogP contribution is 2.28. The standard InChI is InChI=1S/C19H18N2O2S/c1-13-7-3-6-10-18(13)23-11-19(22)21-16-9-5-4-8-15(16)17-12-24-14(2)20-17/h3-10,12H,11H2,1-2H3,(H,21,22). The van der Waals surface area contributed by atoms with E-state index in [1.165, 1.54) is 0 Å². The molecule has 0 fully saturated rings. The number of nitrogens with zero attached hydrogens (tertiary/aromatic N) is 1. The van der Waals surface area contributed by atoms with E-state index in [1.54, 1.807) is 11.3 Å². The molecule has 3 aromatic rings. The molecule has 0 aliphatic heterocycles. The molecule has 1 aromatic heterocycles. The Balaban J connectivity index is 1.70. The van der Waals surface area contributed by atoms with Crippen molar-refractivity contribution in [2.45, 2.75) is 13.8 Å². The third-order valence-electron chi connectivity index (χ3n) is 3.55. The van der Waals surface area contributed by atoms with Crippen molar-refractivity contribution < 1.29 is 9.53 Å². The third kappa shape index (κ3) is 3.81. The molecular formula is C19H18N2O2S. The third-order valence-corrected chi connectivity index (χ3v) is 4.32. The Morgan fingerprint density at radius 3 is 2.62 bits per heavy atom. The summed E-state index contributed by atoms with van der Waals surface area (Å²) in [6.45, 7) is 3.88. The van der Waals surface area contributed by atoms with Gasteiger partial charge in [0.1, 0.15) is 5.75 Å². The fraction of sp³-hybridized carbons (Fsp3) is 0.158. The van der Waals surface area contributed by atoms with Gasteiger partial charge in [0.05, 0.1) is 16.4 Å². The van der Waals surface area contributed by atoms with Crippen LogP contribution < -0.4 is 10.1 Å². The van der Waals surface area contributed by atoms with Gasteiger partial charge in [-0.25, -0.2) is 4.98 Å². The topological polar surface area (TPSA) is 51.2 Å². The number of hydrogen-bond donors (Lipinski definition) is 1. The lowest BCUT2D eigenvalue weighted by molar-refractivity contribution is -0.118. The molecule has 3 rings (SSSR count). The van der Waals surface area contributed by atoms with Gasteiger partial charge in [-0.1, -0.05) is 36.4 Å². The number of benzene rings is 2. The van der Waals surface area contributed by atoms with E-state index in [0.29, 0.717) is 0 Å². The van der Waals surface area contributed by atoms with Crippen molar-refractivity contribution in [2.75, 3.05) is 11.9 Å². The Bertz CT molecular complexity index is 858. The molecule has 1 N–H and O–H groups in total. The predicted octanol–water partition coefficient (Wildman–Crippen LogP) is 4.44. The number of anilines is 1. The maximum Gasteiger partial charge on any atom is 0.262 e. The molecule has 5 heteroatoms. The van der Waals surface area contributed by atoms with Crippen LogP contribution in [0.1, 0.15) is 10.6 Å². The van der Waals surface area contributed by atoms with Gasteiger partial charge in [0.2, 0.25) is 0 Å². The predicted molar refractivity (Wildman–Crippen MR) is 97.6 cm³/mol. The fourth-order valence-corrected chi connectivity index (χ4v) is 2.96. The summed E-state index contributed by atoms with van der Waals surface area (Å²) in [6.07, 6.45) is 0. The van der Waals surface area contributed by atoms with E-state index in [1.807, 2.05) is 67.8 Å². The highest BCUT2D eigenvalue weighted by Gasteiger charge is 2.11. The minimum atomic E-state index is -0.197. The summed E-state index contributed by atoms with van der Waals surface area (Å²) >= 11 is 1.59. The lowest BCUT2D eigenvalue weighted by Gasteiger charge is -2.11. The largest absolute Gasteiger partial charge is 0.483 e. The SMILES string of the molecule is Cc1nc(-c2ccccc2NC(=O)COc2ccccc2C)cs1. The molecule has 1 amide bonds. The molecule has 4 nitrogen and oxygen atoms in total. The summed E-state index contributed by atoms with van der Waals surface area (Å²) in [5.74, 6) is 0.522. The summed E-state index contributed by atoms with van der Waals surface area (Å²) < 4.78 is 5.59. The van der Waals surface area contributed by atoms with E-state index in [4.69, 9.17) is 4.74 Å². The first-order valence-electron chi connectivity index (χ1n) is 7.63. The smallest absolute Gasteiger partial charge is 0.262 e. The Morgan fingerprint density at radius 2 is 1.88 bits per heavy atom. The van der Waals surface area contributed by atoms with Crippen molar-refractivity contribution in [2.24, 2.45) is 0 Å². The first-order valence-corrected chi connectivity index (χ1v) is 8.51. The molecule has 0 unspecified atom stereocenters. The van der Waals surface area contributed by atoms with Gasteiger partial charge in [-0.2, -0.15) is 0 Å². The van der Waals surface area contributed by atoms with Gasteiger partial charge in [0.15, 0.2) is 6.61 Å². The van der Waals surface area contributed by atoms with E-state index in [0.717, 1.165) is 33.3 Å². The molecule has 0 aliphatic carbocycles. The van der Waals surface area contributed by atoms with Crippen LogP contribution in [0.25, 0.3) is 11.3 Å². The van der Waals surface area contributed by atoms with Gasteiger partial charge in [-0.15, -0.1) is 11.3 Å². The average Bonchev–Trinajstić information content (AvgIpc) is 3.01. The number of aromatic nitrogens is 1. The maximum absolute atomic E-state index is 12.2. The van der Waals surface area contributed by atoms with E-state index >= 15 is 0 Å². The van der Waals surface area contributed by atoms with Crippen LogP contribution in [0.3, 0.4) is 0 Å². The van der Waals surface area contributed by atoms with Gasteiger partial charge < -0.3 is 10.1 Å². The zero-order valence-corrected chi connectivity index (χ0v) is 14.4. The minimum Gasteiger partial charge on any atom is -0.483 e. The second kappa shape index (κ2) is 7.27. The van der Waals surface area contributed by atoms with Gasteiger partial charge in [0.25, 0.3) is 5.91 Å². The lowest BCUT2D eigenvalue weighted by Crippen LogP contribution is -2.20. The number of para-hydroxylation sites is 2. The van der Waals surface area contributed by atoms with Gasteiger partial charge in [-0.05, 0) is 31.5 Å². The van der Waals surface area contributed by atoms with Crippen molar-refractivity contribution in [1.29, 1.82) is 0 Å². The summed E-state index contributed by atoms with van der Waals surface area (Å²) in [5, 5.41) is 5.89. The second-order valence-corrected chi connectivity index (χ2v) is 6.46. The molecule has 0 saturated carbocycles. The summed E-state index contributed by atoms with van der Waals surface area (Å²) in [4.78, 5) is 16.7. The Morgan fingerprint density at radius 1 is 1.12 bits per heavy atom.